The van der Waals surface area contributed by atoms with E-state index in [1.165, 1.54) is 6.42 Å². The Labute approximate surface area is 212 Å². The van der Waals surface area contributed by atoms with Crippen LogP contribution in [0.5, 0.6) is 11.5 Å². The standard InChI is InChI=1S/C29H33N3O4/c1-35-24-15-11-21(12-16-24)20-32(29(34)26-10-6-7-19-30-26)27(22-13-17-25(36-2)18-14-22)28(33)31-23-8-4-3-5-9-23/h6-7,10-19,23,27H,3-5,8-9,20H2,1-2H3,(H,31,33)/t27-/m1/s1. The van der Waals surface area contributed by atoms with Gasteiger partial charge in [-0.1, -0.05) is 49.6 Å². The first kappa shape index (κ1) is 25.2. The Balaban J connectivity index is 1.73. The molecule has 1 heterocycles. The average Bonchev–Trinajstić information content (AvgIpc) is 2.94. The minimum atomic E-state index is -0.838. The van der Waals surface area contributed by atoms with Gasteiger partial charge in [0.1, 0.15) is 23.2 Å². The van der Waals surface area contributed by atoms with Gasteiger partial charge >= 0.3 is 0 Å². The predicted octanol–water partition coefficient (Wildman–Crippen LogP) is 4.93. The van der Waals surface area contributed by atoms with Gasteiger partial charge in [-0.15, -0.1) is 0 Å². The monoisotopic (exact) mass is 487 g/mol. The second-order valence-electron chi connectivity index (χ2n) is 9.02. The van der Waals surface area contributed by atoms with Gasteiger partial charge in [0.05, 0.1) is 14.2 Å². The van der Waals surface area contributed by atoms with E-state index < -0.39 is 6.04 Å². The Bertz CT molecular complexity index is 1130. The molecule has 0 aliphatic heterocycles. The lowest BCUT2D eigenvalue weighted by Gasteiger charge is -2.33. The van der Waals surface area contributed by atoms with E-state index in [1.54, 1.807) is 43.5 Å². The van der Waals surface area contributed by atoms with Crippen LogP contribution >= 0.6 is 0 Å². The molecule has 2 amide bonds. The number of carbonyl (C=O) groups excluding carboxylic acids is 2. The van der Waals surface area contributed by atoms with Crippen LogP contribution in [0.4, 0.5) is 0 Å². The molecule has 0 saturated heterocycles. The number of pyridine rings is 1. The van der Waals surface area contributed by atoms with E-state index in [1.807, 2.05) is 48.5 Å². The third-order valence-corrected chi connectivity index (χ3v) is 6.60. The summed E-state index contributed by atoms with van der Waals surface area (Å²) in [5, 5.41) is 3.23. The quantitative estimate of drug-likeness (QED) is 0.463. The smallest absolute Gasteiger partial charge is 0.273 e. The minimum Gasteiger partial charge on any atom is -0.497 e. The number of nitrogens with one attached hydrogen (secondary N) is 1. The zero-order chi connectivity index (χ0) is 25.3. The number of hydrogen-bond acceptors (Lipinski definition) is 5. The van der Waals surface area contributed by atoms with Crippen LogP contribution in [0.15, 0.2) is 72.9 Å². The Kier molecular flexibility index (Phi) is 8.55. The van der Waals surface area contributed by atoms with Gasteiger partial charge in [-0.05, 0) is 60.4 Å². The molecule has 1 atom stereocenters. The molecule has 0 unspecified atom stereocenters. The summed E-state index contributed by atoms with van der Waals surface area (Å²) in [7, 11) is 3.21. The van der Waals surface area contributed by atoms with Crippen LogP contribution in [0, 0.1) is 0 Å². The molecule has 1 aliphatic rings. The van der Waals surface area contributed by atoms with Gasteiger partial charge in [0, 0.05) is 18.8 Å². The van der Waals surface area contributed by atoms with Gasteiger partial charge in [-0.25, -0.2) is 0 Å². The van der Waals surface area contributed by atoms with Crippen molar-refractivity contribution in [3.05, 3.63) is 89.7 Å². The molecule has 0 radical (unpaired) electrons. The van der Waals surface area contributed by atoms with Gasteiger partial charge in [0.25, 0.3) is 5.91 Å². The summed E-state index contributed by atoms with van der Waals surface area (Å²) in [5.74, 6) is 0.905. The van der Waals surface area contributed by atoms with Crippen LogP contribution in [-0.2, 0) is 11.3 Å². The van der Waals surface area contributed by atoms with Crippen molar-refractivity contribution in [3.63, 3.8) is 0 Å². The van der Waals surface area contributed by atoms with Crippen LogP contribution in [0.1, 0.15) is 59.8 Å². The van der Waals surface area contributed by atoms with Crippen LogP contribution in [0.2, 0.25) is 0 Å². The fourth-order valence-electron chi connectivity index (χ4n) is 4.63. The van der Waals surface area contributed by atoms with Crippen molar-refractivity contribution in [2.24, 2.45) is 0 Å². The van der Waals surface area contributed by atoms with Gasteiger partial charge in [0.2, 0.25) is 5.91 Å². The summed E-state index contributed by atoms with van der Waals surface area (Å²) < 4.78 is 10.6. The average molecular weight is 488 g/mol. The molecule has 2 aromatic carbocycles. The van der Waals surface area contributed by atoms with Crippen molar-refractivity contribution >= 4 is 11.8 Å². The van der Waals surface area contributed by atoms with Crippen molar-refractivity contribution in [2.75, 3.05) is 14.2 Å². The van der Waals surface area contributed by atoms with Gasteiger partial charge < -0.3 is 19.7 Å². The van der Waals surface area contributed by atoms with Crippen LogP contribution in [0.3, 0.4) is 0 Å². The van der Waals surface area contributed by atoms with Gasteiger partial charge in [-0.3, -0.25) is 14.6 Å². The predicted molar refractivity (Wildman–Crippen MR) is 138 cm³/mol. The molecule has 7 nitrogen and oxygen atoms in total. The van der Waals surface area contributed by atoms with E-state index >= 15 is 0 Å². The molecule has 1 aliphatic carbocycles. The highest BCUT2D eigenvalue weighted by Gasteiger charge is 2.34. The highest BCUT2D eigenvalue weighted by atomic mass is 16.5. The number of carbonyl (C=O) groups is 2. The number of aromatic nitrogens is 1. The molecule has 7 heteroatoms. The maximum absolute atomic E-state index is 13.9. The summed E-state index contributed by atoms with van der Waals surface area (Å²) in [6.07, 6.45) is 6.88. The van der Waals surface area contributed by atoms with Gasteiger partial charge in [0.15, 0.2) is 0 Å². The normalized spacial score (nSPS) is 14.5. The summed E-state index contributed by atoms with van der Waals surface area (Å²) in [6.45, 7) is 0.230. The topological polar surface area (TPSA) is 80.8 Å². The van der Waals surface area contributed by atoms with Crippen molar-refractivity contribution < 1.29 is 19.1 Å². The lowest BCUT2D eigenvalue weighted by Crippen LogP contribution is -2.47. The molecular formula is C29H33N3O4. The van der Waals surface area contributed by atoms with Crippen LogP contribution < -0.4 is 14.8 Å². The van der Waals surface area contributed by atoms with Crippen molar-refractivity contribution in [3.8, 4) is 11.5 Å². The number of ether oxygens (including phenoxy) is 2. The third-order valence-electron chi connectivity index (χ3n) is 6.60. The van der Waals surface area contributed by atoms with E-state index in [9.17, 15) is 9.59 Å². The molecule has 188 valence electrons. The molecule has 1 saturated carbocycles. The number of hydrogen-bond donors (Lipinski definition) is 1. The molecule has 0 bridgehead atoms. The highest BCUT2D eigenvalue weighted by Crippen LogP contribution is 2.29. The Morgan fingerprint density at radius 2 is 1.56 bits per heavy atom. The third kappa shape index (κ3) is 6.22. The first-order valence-corrected chi connectivity index (χ1v) is 12.4. The summed E-state index contributed by atoms with van der Waals surface area (Å²) in [6, 6.07) is 19.3. The van der Waals surface area contributed by atoms with E-state index in [4.69, 9.17) is 9.47 Å². The largest absolute Gasteiger partial charge is 0.497 e. The summed E-state index contributed by atoms with van der Waals surface area (Å²) in [5.41, 5.74) is 1.88. The fourth-order valence-corrected chi connectivity index (χ4v) is 4.63. The number of nitrogens with zero attached hydrogens (tertiary/aromatic N) is 2. The van der Waals surface area contributed by atoms with E-state index in [0.717, 1.165) is 37.0 Å². The summed E-state index contributed by atoms with van der Waals surface area (Å²) >= 11 is 0. The SMILES string of the molecule is COc1ccc(CN(C(=O)c2ccccn2)[C@@H](C(=O)NC2CCCCC2)c2ccc(OC)cc2)cc1. The van der Waals surface area contributed by atoms with Gasteiger partial charge in [-0.2, -0.15) is 0 Å². The second kappa shape index (κ2) is 12.2. The van der Waals surface area contributed by atoms with E-state index in [0.29, 0.717) is 11.3 Å². The lowest BCUT2D eigenvalue weighted by atomic mass is 9.94. The fraction of sp³-hybridized carbons (Fsp3) is 0.345. The Hall–Kier alpha value is -3.87. The molecule has 4 rings (SSSR count). The minimum absolute atomic E-state index is 0.111. The van der Waals surface area contributed by atoms with E-state index in [2.05, 4.69) is 10.3 Å². The van der Waals surface area contributed by atoms with Crippen LogP contribution in [-0.4, -0.2) is 42.0 Å². The molecular weight excluding hydrogens is 454 g/mol. The highest BCUT2D eigenvalue weighted by molar-refractivity contribution is 5.96. The lowest BCUT2D eigenvalue weighted by molar-refractivity contribution is -0.127. The number of methoxy groups -OCH3 is 2. The molecule has 1 N–H and O–H groups in total. The van der Waals surface area contributed by atoms with E-state index in [-0.39, 0.29) is 30.1 Å². The molecule has 36 heavy (non-hydrogen) atoms. The Morgan fingerprint density at radius 3 is 2.14 bits per heavy atom. The first-order valence-electron chi connectivity index (χ1n) is 12.4. The van der Waals surface area contributed by atoms with Crippen molar-refractivity contribution in [1.82, 2.24) is 15.2 Å². The zero-order valence-corrected chi connectivity index (χ0v) is 20.9. The molecule has 1 fully saturated rings. The molecule has 1 aromatic heterocycles. The zero-order valence-electron chi connectivity index (χ0n) is 20.9. The second-order valence-corrected chi connectivity index (χ2v) is 9.02. The number of amides is 2. The Morgan fingerprint density at radius 1 is 0.917 bits per heavy atom. The van der Waals surface area contributed by atoms with Crippen molar-refractivity contribution in [1.29, 1.82) is 0 Å². The maximum atomic E-state index is 13.9. The number of benzene rings is 2. The molecule has 0 spiro atoms. The van der Waals surface area contributed by atoms with Crippen molar-refractivity contribution in [2.45, 2.75) is 50.7 Å². The summed E-state index contributed by atoms with van der Waals surface area (Å²) in [4.78, 5) is 33.6. The van der Waals surface area contributed by atoms with Crippen LogP contribution in [0.25, 0.3) is 0 Å². The molecule has 3 aromatic rings. The number of rotatable bonds is 9. The maximum Gasteiger partial charge on any atom is 0.273 e. The first-order chi connectivity index (χ1) is 17.6.